The van der Waals surface area contributed by atoms with Crippen molar-refractivity contribution in [3.05, 3.63) is 100 Å². The van der Waals surface area contributed by atoms with Crippen molar-refractivity contribution in [3.63, 3.8) is 0 Å². The fraction of sp³-hybridized carbons (Fsp3) is 0.0833. The lowest BCUT2D eigenvalue weighted by molar-refractivity contribution is -0.123. The number of imide groups is 1. The molecule has 0 radical (unpaired) electrons. The van der Waals surface area contributed by atoms with Crippen molar-refractivity contribution in [3.8, 4) is 5.75 Å². The van der Waals surface area contributed by atoms with Gasteiger partial charge in [0.1, 0.15) is 18.2 Å². The molecular weight excluding hydrogens is 691 g/mol. The summed E-state index contributed by atoms with van der Waals surface area (Å²) in [7, 11) is 0. The van der Waals surface area contributed by atoms with Crippen LogP contribution in [0, 0.1) is 13.0 Å². The summed E-state index contributed by atoms with van der Waals surface area (Å²) in [6.45, 7) is 0.304. The summed E-state index contributed by atoms with van der Waals surface area (Å²) in [5, 5.41) is 0.286. The summed E-state index contributed by atoms with van der Waals surface area (Å²) in [6, 6.07) is 17.3. The Morgan fingerprint density at radius 1 is 1.03 bits per heavy atom. The molecule has 1 saturated heterocycles. The fourth-order valence-electron chi connectivity index (χ4n) is 3.13. The summed E-state index contributed by atoms with van der Waals surface area (Å²) in [5.74, 6) is 0.00533. The van der Waals surface area contributed by atoms with Gasteiger partial charge in [-0.1, -0.05) is 41.9 Å². The molecule has 0 saturated carbocycles. The molecule has 1 fully saturated rings. The van der Waals surface area contributed by atoms with Crippen LogP contribution in [0.15, 0.2) is 65.6 Å². The predicted octanol–water partition coefficient (Wildman–Crippen LogP) is 7.50. The van der Waals surface area contributed by atoms with Crippen LogP contribution in [-0.2, 0) is 17.9 Å². The number of rotatable bonds is 6. The van der Waals surface area contributed by atoms with Gasteiger partial charge in [0, 0.05) is 10.6 Å². The van der Waals surface area contributed by atoms with Crippen LogP contribution in [0.25, 0.3) is 6.08 Å². The summed E-state index contributed by atoms with van der Waals surface area (Å²) >= 11 is 11.1. The molecule has 0 aromatic heterocycles. The lowest BCUT2D eigenvalue weighted by atomic mass is 10.2. The van der Waals surface area contributed by atoms with Gasteiger partial charge in [0.05, 0.1) is 18.6 Å². The smallest absolute Gasteiger partial charge is 0.293 e. The van der Waals surface area contributed by atoms with Crippen molar-refractivity contribution < 1.29 is 18.7 Å². The maximum absolute atomic E-state index is 13.9. The maximum Gasteiger partial charge on any atom is 0.293 e. The first kappa shape index (κ1) is 24.5. The highest BCUT2D eigenvalue weighted by Gasteiger charge is 2.35. The second-order valence-corrected chi connectivity index (χ2v) is 10.8. The van der Waals surface area contributed by atoms with Gasteiger partial charge >= 0.3 is 0 Å². The molecule has 9 heteroatoms. The largest absolute Gasteiger partial charge is 0.487 e. The Morgan fingerprint density at radius 2 is 1.70 bits per heavy atom. The van der Waals surface area contributed by atoms with Crippen molar-refractivity contribution in [2.24, 2.45) is 0 Å². The fourth-order valence-corrected chi connectivity index (χ4v) is 6.22. The molecule has 1 heterocycles. The molecule has 1 aliphatic heterocycles. The lowest BCUT2D eigenvalue weighted by Gasteiger charge is -2.13. The van der Waals surface area contributed by atoms with E-state index >= 15 is 0 Å². The molecule has 3 aromatic rings. The van der Waals surface area contributed by atoms with Crippen molar-refractivity contribution in [1.82, 2.24) is 4.90 Å². The van der Waals surface area contributed by atoms with Crippen LogP contribution >= 0.6 is 68.5 Å². The Morgan fingerprint density at radius 3 is 2.36 bits per heavy atom. The van der Waals surface area contributed by atoms with E-state index in [-0.39, 0.29) is 30.1 Å². The Bertz CT molecular complexity index is 1240. The molecule has 0 spiro atoms. The molecule has 0 N–H and O–H groups in total. The van der Waals surface area contributed by atoms with Gasteiger partial charge in [0.25, 0.3) is 11.1 Å². The second-order valence-electron chi connectivity index (χ2n) is 7.09. The van der Waals surface area contributed by atoms with Gasteiger partial charge in [0.2, 0.25) is 0 Å². The third kappa shape index (κ3) is 5.90. The van der Waals surface area contributed by atoms with Gasteiger partial charge in [-0.25, -0.2) is 4.39 Å². The minimum Gasteiger partial charge on any atom is -0.487 e. The highest BCUT2D eigenvalue weighted by Crippen LogP contribution is 2.35. The first-order valence-corrected chi connectivity index (χ1v) is 13.0. The molecular formula is C24H15ClFI2NO3S. The first-order valence-electron chi connectivity index (χ1n) is 9.67. The number of ether oxygens (including phenoxy) is 1. The summed E-state index contributed by atoms with van der Waals surface area (Å²) in [6.07, 6.45) is 1.71. The predicted molar refractivity (Wildman–Crippen MR) is 146 cm³/mol. The molecule has 168 valence electrons. The van der Waals surface area contributed by atoms with E-state index in [2.05, 4.69) is 45.2 Å². The van der Waals surface area contributed by atoms with Crippen molar-refractivity contribution in [2.75, 3.05) is 0 Å². The Hall–Kier alpha value is -1.63. The number of amides is 2. The number of hydrogen-bond acceptors (Lipinski definition) is 4. The number of halogens is 4. The zero-order valence-electron chi connectivity index (χ0n) is 16.9. The molecule has 0 atom stereocenters. The van der Waals surface area contributed by atoms with Gasteiger partial charge in [-0.15, -0.1) is 0 Å². The zero-order valence-corrected chi connectivity index (χ0v) is 22.7. The number of hydrogen-bond donors (Lipinski definition) is 0. The third-order valence-corrected chi connectivity index (χ3v) is 7.54. The molecule has 0 bridgehead atoms. The van der Waals surface area contributed by atoms with Gasteiger partial charge in [-0.3, -0.25) is 14.5 Å². The topological polar surface area (TPSA) is 46.6 Å². The molecule has 2 amide bonds. The molecule has 4 rings (SSSR count). The number of thioether (sulfide) groups is 1. The standard InChI is InChI=1S/C24H15ClFI2NO3S/c25-17-7-5-14(6-8-17)12-29-23(30)21(33-24(29)31)11-15-9-19(27)22(20(28)10-15)32-13-16-3-1-2-4-18(16)26/h1-11H,12-13H2/b21-11-. The Labute approximate surface area is 226 Å². The van der Waals surface area contributed by atoms with E-state index in [0.717, 1.165) is 30.0 Å². The van der Waals surface area contributed by atoms with Crippen LogP contribution < -0.4 is 4.74 Å². The van der Waals surface area contributed by atoms with Crippen molar-refractivity contribution >= 4 is 85.8 Å². The summed E-state index contributed by atoms with van der Waals surface area (Å²) < 4.78 is 21.4. The SMILES string of the molecule is O=C1S/C(=C\c2cc(I)c(OCc3ccccc3F)c(I)c2)C(=O)N1Cc1ccc(Cl)cc1. The molecule has 0 aliphatic carbocycles. The van der Waals surface area contributed by atoms with Gasteiger partial charge < -0.3 is 4.74 Å². The second kappa shape index (κ2) is 10.7. The molecule has 33 heavy (non-hydrogen) atoms. The zero-order chi connectivity index (χ0) is 23.5. The van der Waals surface area contributed by atoms with Gasteiger partial charge in [-0.05, 0) is 104 Å². The van der Waals surface area contributed by atoms with Gasteiger partial charge in [-0.2, -0.15) is 0 Å². The van der Waals surface area contributed by atoms with Crippen LogP contribution in [-0.4, -0.2) is 16.0 Å². The minimum absolute atomic E-state index is 0.113. The summed E-state index contributed by atoms with van der Waals surface area (Å²) in [5.41, 5.74) is 2.07. The lowest BCUT2D eigenvalue weighted by Crippen LogP contribution is -2.27. The highest BCUT2D eigenvalue weighted by molar-refractivity contribution is 14.1. The average Bonchev–Trinajstić information content (AvgIpc) is 3.03. The normalized spacial score (nSPS) is 14.9. The van der Waals surface area contributed by atoms with E-state index in [0.29, 0.717) is 21.2 Å². The molecule has 0 unspecified atom stereocenters. The monoisotopic (exact) mass is 705 g/mol. The van der Waals surface area contributed by atoms with E-state index < -0.39 is 0 Å². The van der Waals surface area contributed by atoms with Gasteiger partial charge in [0.15, 0.2) is 0 Å². The number of carbonyl (C=O) groups is 2. The number of benzene rings is 3. The third-order valence-electron chi connectivity index (χ3n) is 4.78. The van der Waals surface area contributed by atoms with Crippen LogP contribution in [0.3, 0.4) is 0 Å². The first-order chi connectivity index (χ1) is 15.8. The van der Waals surface area contributed by atoms with Crippen LogP contribution in [0.4, 0.5) is 9.18 Å². The number of nitrogens with zero attached hydrogens (tertiary/aromatic N) is 1. The Kier molecular flexibility index (Phi) is 7.98. The maximum atomic E-state index is 13.9. The Balaban J connectivity index is 1.50. The van der Waals surface area contributed by atoms with E-state index in [9.17, 15) is 14.0 Å². The number of carbonyl (C=O) groups excluding carboxylic acids is 2. The van der Waals surface area contributed by atoms with E-state index in [1.54, 1.807) is 48.5 Å². The highest BCUT2D eigenvalue weighted by atomic mass is 127. The van der Waals surface area contributed by atoms with E-state index in [1.807, 2.05) is 12.1 Å². The van der Waals surface area contributed by atoms with Crippen LogP contribution in [0.1, 0.15) is 16.7 Å². The van der Waals surface area contributed by atoms with E-state index in [4.69, 9.17) is 16.3 Å². The summed E-state index contributed by atoms with van der Waals surface area (Å²) in [4.78, 5) is 26.9. The molecule has 1 aliphatic rings. The quantitative estimate of drug-likeness (QED) is 0.197. The molecule has 4 nitrogen and oxygen atoms in total. The van der Waals surface area contributed by atoms with Crippen molar-refractivity contribution in [2.45, 2.75) is 13.2 Å². The molecule has 3 aromatic carbocycles. The average molecular weight is 706 g/mol. The van der Waals surface area contributed by atoms with Crippen molar-refractivity contribution in [1.29, 1.82) is 0 Å². The van der Waals surface area contributed by atoms with E-state index in [1.165, 1.54) is 11.0 Å². The minimum atomic E-state index is -0.329. The van der Waals surface area contributed by atoms with Crippen LogP contribution in [0.5, 0.6) is 5.75 Å². The van der Waals surface area contributed by atoms with Crippen LogP contribution in [0.2, 0.25) is 5.02 Å².